The van der Waals surface area contributed by atoms with E-state index in [9.17, 15) is 18.0 Å². The van der Waals surface area contributed by atoms with E-state index in [2.05, 4.69) is 10.2 Å². The van der Waals surface area contributed by atoms with Gasteiger partial charge in [-0.3, -0.25) is 4.31 Å². The van der Waals surface area contributed by atoms with E-state index in [-0.39, 0.29) is 31.2 Å². The highest BCUT2D eigenvalue weighted by Crippen LogP contribution is 2.38. The Bertz CT molecular complexity index is 1300. The van der Waals surface area contributed by atoms with Gasteiger partial charge in [-0.25, -0.2) is 14.7 Å². The molecule has 2 heterocycles. The maximum absolute atomic E-state index is 13.2. The Morgan fingerprint density at radius 3 is 2.58 bits per heavy atom. The zero-order chi connectivity index (χ0) is 23.6. The summed E-state index contributed by atoms with van der Waals surface area (Å²) in [5, 5.41) is 4.76. The molecule has 174 valence electrons. The summed E-state index contributed by atoms with van der Waals surface area (Å²) >= 11 is 0. The first-order valence-corrected chi connectivity index (χ1v) is 11.7. The number of carbonyl (C=O) groups excluding carboxylic acids is 1. The summed E-state index contributed by atoms with van der Waals surface area (Å²) in [5.41, 5.74) is 0.164. The van der Waals surface area contributed by atoms with E-state index in [1.54, 1.807) is 62.4 Å². The first kappa shape index (κ1) is 22.6. The third-order valence-corrected chi connectivity index (χ3v) is 6.72. The number of fused-ring (bicyclic) bond motifs is 1. The van der Waals surface area contributed by atoms with Crippen LogP contribution in [0.2, 0.25) is 0 Å². The number of sulfonamides is 1. The summed E-state index contributed by atoms with van der Waals surface area (Å²) < 4.78 is 43.5. The molecule has 33 heavy (non-hydrogen) atoms. The van der Waals surface area contributed by atoms with Crippen LogP contribution in [-0.4, -0.2) is 36.6 Å². The summed E-state index contributed by atoms with van der Waals surface area (Å²) in [6, 6.07) is 15.4. The van der Waals surface area contributed by atoms with E-state index >= 15 is 0 Å². The average molecular weight is 474 g/mol. The Kier molecular flexibility index (Phi) is 5.98. The summed E-state index contributed by atoms with van der Waals surface area (Å²) in [7, 11) is -4.50. The highest BCUT2D eigenvalue weighted by Gasteiger charge is 2.41. The number of hydrogen-bond donors (Lipinski definition) is 1. The third-order valence-electron chi connectivity index (χ3n) is 5.25. The number of hydrogen-bond acceptors (Lipinski definition) is 8. The molecule has 11 heteroatoms. The molecule has 0 amide bonds. The first-order chi connectivity index (χ1) is 15.7. The standard InChI is InChI=1S/C22H23N3O7S/c1-22(2,19-23-24-20(26)32-19)12-16-13-25(17-10-6-7-11-18(17)31-16)33(28,29)21(27)30-14-15-8-4-3-5-9-15/h3-11,16H,12-14H2,1-2H3,(H,24,26)/t16-/m0/s1. The van der Waals surface area contributed by atoms with Crippen molar-refractivity contribution in [1.29, 1.82) is 0 Å². The fraction of sp³-hybridized carbons (Fsp3) is 0.318. The second kappa shape index (κ2) is 8.74. The van der Waals surface area contributed by atoms with Crippen molar-refractivity contribution in [1.82, 2.24) is 10.2 Å². The predicted octanol–water partition coefficient (Wildman–Crippen LogP) is 2.96. The highest BCUT2D eigenvalue weighted by molar-refractivity contribution is 8.06. The number of aromatic nitrogens is 2. The van der Waals surface area contributed by atoms with Gasteiger partial charge in [0.2, 0.25) is 5.89 Å². The zero-order valence-corrected chi connectivity index (χ0v) is 18.9. The second-order valence-electron chi connectivity index (χ2n) is 8.27. The summed E-state index contributed by atoms with van der Waals surface area (Å²) in [6.07, 6.45) is -0.381. The molecule has 10 nitrogen and oxygen atoms in total. The molecular weight excluding hydrogens is 450 g/mol. The molecule has 0 fully saturated rings. The molecule has 0 saturated carbocycles. The van der Waals surface area contributed by atoms with Crippen LogP contribution in [0.15, 0.2) is 63.8 Å². The number of nitrogens with one attached hydrogen (secondary N) is 1. The Hall–Kier alpha value is -3.60. The van der Waals surface area contributed by atoms with Gasteiger partial charge in [0.15, 0.2) is 0 Å². The Labute approximate surface area is 190 Å². The number of rotatable bonds is 6. The van der Waals surface area contributed by atoms with Gasteiger partial charge in [-0.2, -0.15) is 8.42 Å². The Morgan fingerprint density at radius 1 is 1.18 bits per heavy atom. The van der Waals surface area contributed by atoms with Crippen LogP contribution in [-0.2, 0) is 26.8 Å². The lowest BCUT2D eigenvalue weighted by Crippen LogP contribution is -2.47. The fourth-order valence-corrected chi connectivity index (χ4v) is 4.81. The SMILES string of the molecule is CC(C)(C[C@H]1CN(S(=O)(=O)C(=O)OCc2ccccc2)c2ccccc2O1)c1n[nH]c(=O)o1. The smallest absolute Gasteiger partial charge is 0.445 e. The molecule has 0 unspecified atom stereocenters. The molecule has 0 spiro atoms. The van der Waals surface area contributed by atoms with E-state index in [0.29, 0.717) is 11.3 Å². The van der Waals surface area contributed by atoms with E-state index in [0.717, 1.165) is 4.31 Å². The molecule has 0 bridgehead atoms. The molecule has 1 aliphatic rings. The van der Waals surface area contributed by atoms with Crippen LogP contribution < -0.4 is 14.8 Å². The van der Waals surface area contributed by atoms with Gasteiger partial charge in [0.25, 0.3) is 0 Å². The van der Waals surface area contributed by atoms with Crippen LogP contribution in [0, 0.1) is 0 Å². The van der Waals surface area contributed by atoms with Crippen molar-refractivity contribution in [3.63, 3.8) is 0 Å². The number of carbonyl (C=O) groups is 1. The van der Waals surface area contributed by atoms with Gasteiger partial charge in [-0.1, -0.05) is 56.3 Å². The lowest BCUT2D eigenvalue weighted by molar-refractivity contribution is 0.150. The van der Waals surface area contributed by atoms with Gasteiger partial charge >= 0.3 is 21.1 Å². The molecule has 2 aromatic carbocycles. The number of para-hydroxylation sites is 2. The quantitative estimate of drug-likeness (QED) is 0.541. The number of nitrogens with zero attached hydrogens (tertiary/aromatic N) is 2. The van der Waals surface area contributed by atoms with Crippen molar-refractivity contribution in [2.45, 2.75) is 38.4 Å². The number of aromatic amines is 1. The molecule has 0 saturated heterocycles. The van der Waals surface area contributed by atoms with Gasteiger partial charge in [-0.05, 0) is 24.1 Å². The van der Waals surface area contributed by atoms with Crippen LogP contribution in [0.4, 0.5) is 10.5 Å². The predicted molar refractivity (Wildman–Crippen MR) is 119 cm³/mol. The first-order valence-electron chi connectivity index (χ1n) is 10.2. The number of H-pyrrole nitrogens is 1. The lowest BCUT2D eigenvalue weighted by atomic mass is 9.86. The van der Waals surface area contributed by atoms with Crippen LogP contribution in [0.25, 0.3) is 0 Å². The monoisotopic (exact) mass is 473 g/mol. The van der Waals surface area contributed by atoms with E-state index in [4.69, 9.17) is 13.9 Å². The number of ether oxygens (including phenoxy) is 2. The van der Waals surface area contributed by atoms with Gasteiger partial charge in [0, 0.05) is 5.41 Å². The summed E-state index contributed by atoms with van der Waals surface area (Å²) in [5.74, 6) is -0.197. The molecule has 1 aromatic heterocycles. The Balaban J connectivity index is 1.57. The Morgan fingerprint density at radius 2 is 1.88 bits per heavy atom. The molecule has 1 aliphatic heterocycles. The normalized spacial score (nSPS) is 16.1. The highest BCUT2D eigenvalue weighted by atomic mass is 32.2. The molecule has 1 N–H and O–H groups in total. The van der Waals surface area contributed by atoms with Crippen molar-refractivity contribution in [3.8, 4) is 5.75 Å². The van der Waals surface area contributed by atoms with Crippen LogP contribution >= 0.6 is 0 Å². The maximum Gasteiger partial charge on any atom is 0.445 e. The summed E-state index contributed by atoms with van der Waals surface area (Å²) in [6.45, 7) is 3.29. The molecule has 1 atom stereocenters. The van der Waals surface area contributed by atoms with Crippen molar-refractivity contribution < 1.29 is 27.1 Å². The van der Waals surface area contributed by atoms with Crippen molar-refractivity contribution >= 4 is 21.0 Å². The van der Waals surface area contributed by atoms with Gasteiger partial charge in [0.1, 0.15) is 18.5 Å². The molecule has 4 rings (SSSR count). The van der Waals surface area contributed by atoms with Crippen LogP contribution in [0.3, 0.4) is 0 Å². The van der Waals surface area contributed by atoms with E-state index in [1.165, 1.54) is 0 Å². The minimum absolute atomic E-state index is 0.127. The van der Waals surface area contributed by atoms with Gasteiger partial charge < -0.3 is 13.9 Å². The van der Waals surface area contributed by atoms with Gasteiger partial charge in [0.05, 0.1) is 12.2 Å². The molecular formula is C22H23N3O7S. The average Bonchev–Trinajstić information content (AvgIpc) is 3.24. The van der Waals surface area contributed by atoms with E-state index < -0.39 is 32.6 Å². The molecule has 3 aromatic rings. The van der Waals surface area contributed by atoms with Crippen LogP contribution in [0.5, 0.6) is 5.75 Å². The van der Waals surface area contributed by atoms with Crippen molar-refractivity contribution in [3.05, 3.63) is 76.6 Å². The van der Waals surface area contributed by atoms with Crippen molar-refractivity contribution in [2.24, 2.45) is 0 Å². The molecule has 0 aliphatic carbocycles. The second-order valence-corrected chi connectivity index (χ2v) is 10.00. The minimum Gasteiger partial charge on any atom is -0.486 e. The van der Waals surface area contributed by atoms with Gasteiger partial charge in [-0.15, -0.1) is 5.10 Å². The topological polar surface area (TPSA) is 132 Å². The minimum atomic E-state index is -4.50. The zero-order valence-electron chi connectivity index (χ0n) is 18.1. The number of benzene rings is 2. The number of anilines is 1. The largest absolute Gasteiger partial charge is 0.486 e. The third kappa shape index (κ3) is 4.77. The van der Waals surface area contributed by atoms with E-state index in [1.807, 2.05) is 6.07 Å². The molecule has 0 radical (unpaired) electrons. The maximum atomic E-state index is 13.2. The summed E-state index contributed by atoms with van der Waals surface area (Å²) in [4.78, 5) is 24.0. The fourth-order valence-electron chi connectivity index (χ4n) is 3.65. The van der Waals surface area contributed by atoms with Crippen LogP contribution in [0.1, 0.15) is 31.7 Å². The van der Waals surface area contributed by atoms with Crippen molar-refractivity contribution in [2.75, 3.05) is 10.8 Å². The lowest BCUT2D eigenvalue weighted by Gasteiger charge is -2.37.